The summed E-state index contributed by atoms with van der Waals surface area (Å²) >= 11 is 0. The summed E-state index contributed by atoms with van der Waals surface area (Å²) in [6.45, 7) is 4.74. The standard InChI is InChI=1S/C21H24N4O2/c1-2-19(26)24-9-11-25(12-10-24)21-17(14-22)15-6-3-4-7-16(15)20(23-21)18-8-5-13-27-18/h5,8,13H,2-4,6-7,9-12H2,1H3/p+1. The van der Waals surface area contributed by atoms with Gasteiger partial charge in [-0.1, -0.05) is 6.92 Å². The summed E-state index contributed by atoms with van der Waals surface area (Å²) in [4.78, 5) is 19.6. The summed E-state index contributed by atoms with van der Waals surface area (Å²) in [5.41, 5.74) is 4.14. The van der Waals surface area contributed by atoms with E-state index in [1.165, 1.54) is 5.56 Å². The van der Waals surface area contributed by atoms with Gasteiger partial charge >= 0.3 is 0 Å². The molecule has 6 heteroatoms. The highest BCUT2D eigenvalue weighted by molar-refractivity contribution is 5.76. The number of aromatic nitrogens is 1. The van der Waals surface area contributed by atoms with E-state index in [-0.39, 0.29) is 5.91 Å². The number of nitrogens with one attached hydrogen (secondary N) is 1. The maximum absolute atomic E-state index is 12.0. The molecule has 0 bridgehead atoms. The zero-order valence-electron chi connectivity index (χ0n) is 15.8. The minimum atomic E-state index is 0.195. The van der Waals surface area contributed by atoms with Crippen molar-refractivity contribution in [1.29, 1.82) is 5.26 Å². The highest BCUT2D eigenvalue weighted by Crippen LogP contribution is 2.34. The fourth-order valence-corrected chi connectivity index (χ4v) is 4.25. The van der Waals surface area contributed by atoms with Gasteiger partial charge in [-0.15, -0.1) is 0 Å². The zero-order valence-corrected chi connectivity index (χ0v) is 15.8. The third-order valence-electron chi connectivity index (χ3n) is 5.68. The van der Waals surface area contributed by atoms with Crippen LogP contribution in [0.3, 0.4) is 0 Å². The van der Waals surface area contributed by atoms with Crippen molar-refractivity contribution in [2.24, 2.45) is 0 Å². The lowest BCUT2D eigenvalue weighted by Crippen LogP contribution is -2.50. The van der Waals surface area contributed by atoms with E-state index in [1.54, 1.807) is 6.26 Å². The number of carbonyl (C=O) groups excluding carboxylic acids is 1. The number of nitrogens with zero attached hydrogens (tertiary/aromatic N) is 3. The lowest BCUT2D eigenvalue weighted by atomic mass is 9.87. The average Bonchev–Trinajstić information content (AvgIpc) is 3.26. The van der Waals surface area contributed by atoms with Gasteiger partial charge in [-0.2, -0.15) is 5.26 Å². The number of hydrogen-bond donors (Lipinski definition) is 0. The van der Waals surface area contributed by atoms with E-state index in [2.05, 4.69) is 16.0 Å². The summed E-state index contributed by atoms with van der Waals surface area (Å²) in [7, 11) is 0. The molecule has 6 nitrogen and oxygen atoms in total. The van der Waals surface area contributed by atoms with E-state index < -0.39 is 0 Å². The predicted molar refractivity (Wildman–Crippen MR) is 101 cm³/mol. The molecule has 2 aromatic heterocycles. The van der Waals surface area contributed by atoms with Crippen molar-refractivity contribution in [3.63, 3.8) is 0 Å². The van der Waals surface area contributed by atoms with Gasteiger partial charge in [0.05, 0.1) is 19.4 Å². The second kappa shape index (κ2) is 7.43. The zero-order chi connectivity index (χ0) is 18.8. The number of fused-ring (bicyclic) bond motifs is 1. The molecular formula is C21H25N4O2+. The summed E-state index contributed by atoms with van der Waals surface area (Å²) in [5.74, 6) is 1.88. The Balaban J connectivity index is 1.74. The van der Waals surface area contributed by atoms with Crippen molar-refractivity contribution in [3.05, 3.63) is 35.1 Å². The van der Waals surface area contributed by atoms with Crippen LogP contribution in [-0.2, 0) is 17.6 Å². The van der Waals surface area contributed by atoms with Crippen molar-refractivity contribution in [1.82, 2.24) is 4.90 Å². The lowest BCUT2D eigenvalue weighted by molar-refractivity contribution is -0.353. The third kappa shape index (κ3) is 3.18. The van der Waals surface area contributed by atoms with Crippen LogP contribution in [0, 0.1) is 11.3 Å². The van der Waals surface area contributed by atoms with Crippen LogP contribution in [0.15, 0.2) is 22.8 Å². The Morgan fingerprint density at radius 2 is 1.96 bits per heavy atom. The molecule has 0 radical (unpaired) electrons. The number of piperazine rings is 1. The van der Waals surface area contributed by atoms with Crippen LogP contribution in [0.2, 0.25) is 0 Å². The van der Waals surface area contributed by atoms with Crippen LogP contribution in [0.25, 0.3) is 11.5 Å². The molecule has 140 valence electrons. The smallest absolute Gasteiger partial charge is 0.293 e. The van der Waals surface area contributed by atoms with Crippen molar-refractivity contribution >= 4 is 11.7 Å². The van der Waals surface area contributed by atoms with Crippen LogP contribution >= 0.6 is 0 Å². The Hall–Kier alpha value is -2.81. The second-order valence-electron chi connectivity index (χ2n) is 7.20. The van der Waals surface area contributed by atoms with E-state index in [0.29, 0.717) is 19.5 Å². The summed E-state index contributed by atoms with van der Waals surface area (Å²) in [6, 6.07) is 6.32. The minimum absolute atomic E-state index is 0.195. The molecule has 4 rings (SSSR count). The number of amides is 1. The average molecular weight is 365 g/mol. The van der Waals surface area contributed by atoms with E-state index in [9.17, 15) is 10.1 Å². The SMILES string of the molecule is CCC(=O)N1CCN(c2[nH+]c(-c3ccco3)c3c(c2C#N)CCCC3)CC1. The molecule has 2 aliphatic rings. The number of pyridine rings is 1. The van der Waals surface area contributed by atoms with Crippen molar-refractivity contribution < 1.29 is 14.2 Å². The highest BCUT2D eigenvalue weighted by Gasteiger charge is 2.33. The van der Waals surface area contributed by atoms with E-state index in [4.69, 9.17) is 4.42 Å². The van der Waals surface area contributed by atoms with Gasteiger partial charge in [0.25, 0.3) is 5.82 Å². The minimum Gasteiger partial charge on any atom is -0.461 e. The molecule has 1 saturated heterocycles. The molecular weight excluding hydrogens is 340 g/mol. The number of hydrogen-bond acceptors (Lipinski definition) is 4. The quantitative estimate of drug-likeness (QED) is 0.838. The molecule has 0 unspecified atom stereocenters. The van der Waals surface area contributed by atoms with Gasteiger partial charge in [-0.05, 0) is 43.4 Å². The number of nitriles is 1. The Kier molecular flexibility index (Phi) is 4.85. The first-order valence-electron chi connectivity index (χ1n) is 9.80. The van der Waals surface area contributed by atoms with E-state index in [0.717, 1.165) is 67.2 Å². The monoisotopic (exact) mass is 365 g/mol. The molecule has 0 aromatic carbocycles. The summed E-state index contributed by atoms with van der Waals surface area (Å²) in [6.07, 6.45) is 6.37. The van der Waals surface area contributed by atoms with Gasteiger partial charge in [0.15, 0.2) is 11.5 Å². The molecule has 1 aliphatic heterocycles. The lowest BCUT2D eigenvalue weighted by Gasteiger charge is -2.32. The number of H-pyrrole nitrogens is 1. The van der Waals surface area contributed by atoms with E-state index in [1.807, 2.05) is 24.0 Å². The van der Waals surface area contributed by atoms with Crippen molar-refractivity contribution in [2.75, 3.05) is 31.1 Å². The fraction of sp³-hybridized carbons (Fsp3) is 0.476. The van der Waals surface area contributed by atoms with Crippen molar-refractivity contribution in [2.45, 2.75) is 39.0 Å². The molecule has 0 atom stereocenters. The second-order valence-corrected chi connectivity index (χ2v) is 7.20. The molecule has 1 amide bonds. The van der Waals surface area contributed by atoms with Crippen LogP contribution in [-0.4, -0.2) is 37.0 Å². The maximum atomic E-state index is 12.0. The first kappa shape index (κ1) is 17.6. The molecule has 1 N–H and O–H groups in total. The number of furan rings is 1. The molecule has 3 heterocycles. The maximum Gasteiger partial charge on any atom is 0.293 e. The molecule has 0 spiro atoms. The van der Waals surface area contributed by atoms with Crippen LogP contribution in [0.1, 0.15) is 42.9 Å². The van der Waals surface area contributed by atoms with Crippen LogP contribution < -0.4 is 9.88 Å². The fourth-order valence-electron chi connectivity index (χ4n) is 4.25. The van der Waals surface area contributed by atoms with E-state index >= 15 is 0 Å². The molecule has 2 aromatic rings. The Labute approximate surface area is 159 Å². The van der Waals surface area contributed by atoms with Crippen molar-refractivity contribution in [3.8, 4) is 17.5 Å². The Bertz CT molecular complexity index is 875. The van der Waals surface area contributed by atoms with Gasteiger partial charge in [0.1, 0.15) is 24.7 Å². The molecule has 27 heavy (non-hydrogen) atoms. The normalized spacial score (nSPS) is 16.7. The number of carbonyl (C=O) groups is 1. The topological polar surface area (TPSA) is 74.6 Å². The predicted octanol–water partition coefficient (Wildman–Crippen LogP) is 2.57. The first-order chi connectivity index (χ1) is 13.2. The highest BCUT2D eigenvalue weighted by atomic mass is 16.3. The largest absolute Gasteiger partial charge is 0.461 e. The number of rotatable bonds is 3. The van der Waals surface area contributed by atoms with Crippen LogP contribution in [0.4, 0.5) is 5.82 Å². The van der Waals surface area contributed by atoms with Gasteiger partial charge in [0.2, 0.25) is 5.91 Å². The third-order valence-corrected chi connectivity index (χ3v) is 5.68. The van der Waals surface area contributed by atoms with Gasteiger partial charge in [-0.3, -0.25) is 9.69 Å². The number of anilines is 1. The van der Waals surface area contributed by atoms with Gasteiger partial charge in [-0.25, -0.2) is 4.98 Å². The first-order valence-corrected chi connectivity index (χ1v) is 9.80. The summed E-state index contributed by atoms with van der Waals surface area (Å²) < 4.78 is 5.68. The number of aromatic amines is 1. The van der Waals surface area contributed by atoms with Crippen LogP contribution in [0.5, 0.6) is 0 Å². The van der Waals surface area contributed by atoms with Gasteiger partial charge in [0, 0.05) is 12.0 Å². The molecule has 0 saturated carbocycles. The van der Waals surface area contributed by atoms with Gasteiger partial charge < -0.3 is 9.32 Å². The Morgan fingerprint density at radius 1 is 1.22 bits per heavy atom. The summed E-state index contributed by atoms with van der Waals surface area (Å²) in [5, 5.41) is 9.92. The molecule has 1 aliphatic carbocycles. The molecule has 1 fully saturated rings. The Morgan fingerprint density at radius 3 is 2.59 bits per heavy atom.